The van der Waals surface area contributed by atoms with Crippen LogP contribution in [0.4, 0.5) is 0 Å². The van der Waals surface area contributed by atoms with Crippen molar-refractivity contribution in [2.45, 2.75) is 19.1 Å². The first kappa shape index (κ1) is 10.7. The SMILES string of the molecule is CN1C2=C(CC(=O)C=C2)OC1CCNC=O. The molecule has 1 N–H and O–H groups in total. The topological polar surface area (TPSA) is 58.6 Å². The Morgan fingerprint density at radius 3 is 3.19 bits per heavy atom. The van der Waals surface area contributed by atoms with Crippen molar-refractivity contribution in [3.05, 3.63) is 23.6 Å². The number of allylic oxidation sites excluding steroid dienone is 3. The number of rotatable bonds is 4. The van der Waals surface area contributed by atoms with Crippen LogP contribution in [-0.4, -0.2) is 36.9 Å². The van der Waals surface area contributed by atoms with Gasteiger partial charge in [0.2, 0.25) is 6.41 Å². The Bertz CT molecular complexity index is 373. The molecule has 1 atom stereocenters. The van der Waals surface area contributed by atoms with Crippen molar-refractivity contribution in [3.8, 4) is 0 Å². The van der Waals surface area contributed by atoms with Gasteiger partial charge in [0.1, 0.15) is 5.76 Å². The van der Waals surface area contributed by atoms with E-state index in [4.69, 9.17) is 4.74 Å². The molecule has 1 aliphatic carbocycles. The van der Waals surface area contributed by atoms with E-state index in [1.54, 1.807) is 12.2 Å². The van der Waals surface area contributed by atoms with Crippen LogP contribution in [0.5, 0.6) is 0 Å². The number of amides is 1. The summed E-state index contributed by atoms with van der Waals surface area (Å²) in [6.07, 6.45) is 4.98. The van der Waals surface area contributed by atoms with E-state index >= 15 is 0 Å². The van der Waals surface area contributed by atoms with E-state index in [1.807, 2.05) is 11.9 Å². The zero-order valence-electron chi connectivity index (χ0n) is 9.10. The van der Waals surface area contributed by atoms with Gasteiger partial charge in [-0.2, -0.15) is 0 Å². The molecule has 1 amide bonds. The van der Waals surface area contributed by atoms with Gasteiger partial charge in [-0.3, -0.25) is 9.59 Å². The summed E-state index contributed by atoms with van der Waals surface area (Å²) in [6.45, 7) is 0.566. The van der Waals surface area contributed by atoms with Crippen molar-refractivity contribution in [2.24, 2.45) is 0 Å². The molecular weight excluding hydrogens is 208 g/mol. The smallest absolute Gasteiger partial charge is 0.207 e. The zero-order valence-corrected chi connectivity index (χ0v) is 9.10. The van der Waals surface area contributed by atoms with Gasteiger partial charge in [0.05, 0.1) is 12.1 Å². The van der Waals surface area contributed by atoms with Crippen molar-refractivity contribution >= 4 is 12.2 Å². The van der Waals surface area contributed by atoms with Gasteiger partial charge in [-0.25, -0.2) is 0 Å². The van der Waals surface area contributed by atoms with Gasteiger partial charge in [0.25, 0.3) is 0 Å². The molecule has 5 nitrogen and oxygen atoms in total. The van der Waals surface area contributed by atoms with Gasteiger partial charge in [-0.05, 0) is 12.2 Å². The molecule has 16 heavy (non-hydrogen) atoms. The third-order valence-corrected chi connectivity index (χ3v) is 2.76. The zero-order chi connectivity index (χ0) is 11.5. The highest BCUT2D eigenvalue weighted by molar-refractivity contribution is 5.93. The summed E-state index contributed by atoms with van der Waals surface area (Å²) in [5, 5.41) is 2.60. The van der Waals surface area contributed by atoms with Crippen LogP contribution in [0.3, 0.4) is 0 Å². The third kappa shape index (κ3) is 1.93. The maximum absolute atomic E-state index is 11.2. The lowest BCUT2D eigenvalue weighted by Crippen LogP contribution is -2.30. The van der Waals surface area contributed by atoms with Crippen LogP contribution in [0.2, 0.25) is 0 Å². The second-order valence-electron chi connectivity index (χ2n) is 3.83. The molecule has 0 bridgehead atoms. The fraction of sp³-hybridized carbons (Fsp3) is 0.455. The summed E-state index contributed by atoms with van der Waals surface area (Å²) in [5.74, 6) is 0.810. The molecule has 1 heterocycles. The highest BCUT2D eigenvalue weighted by Gasteiger charge is 2.31. The van der Waals surface area contributed by atoms with Crippen molar-refractivity contribution in [1.29, 1.82) is 0 Å². The highest BCUT2D eigenvalue weighted by atomic mass is 16.5. The molecule has 1 unspecified atom stereocenters. The molecule has 2 rings (SSSR count). The maximum Gasteiger partial charge on any atom is 0.207 e. The molecule has 0 radical (unpaired) electrons. The minimum absolute atomic E-state index is 0.0683. The van der Waals surface area contributed by atoms with Gasteiger partial charge >= 0.3 is 0 Å². The molecule has 0 saturated carbocycles. The number of carbonyl (C=O) groups excluding carboxylic acids is 2. The number of nitrogens with zero attached hydrogens (tertiary/aromatic N) is 1. The first-order valence-electron chi connectivity index (χ1n) is 5.23. The molecule has 86 valence electrons. The van der Waals surface area contributed by atoms with E-state index < -0.39 is 0 Å². The van der Waals surface area contributed by atoms with Crippen LogP contribution in [0, 0.1) is 0 Å². The van der Waals surface area contributed by atoms with E-state index in [9.17, 15) is 9.59 Å². The second-order valence-corrected chi connectivity index (χ2v) is 3.83. The summed E-state index contributed by atoms with van der Waals surface area (Å²) in [4.78, 5) is 23.3. The average Bonchev–Trinajstić information content (AvgIpc) is 2.56. The molecule has 0 spiro atoms. The molecule has 0 aromatic rings. The molecule has 5 heteroatoms. The Labute approximate surface area is 93.7 Å². The van der Waals surface area contributed by atoms with Crippen LogP contribution in [0.15, 0.2) is 23.6 Å². The summed E-state index contributed by atoms with van der Waals surface area (Å²) in [5.41, 5.74) is 0.968. The first-order valence-corrected chi connectivity index (χ1v) is 5.23. The summed E-state index contributed by atoms with van der Waals surface area (Å²) < 4.78 is 5.67. The average molecular weight is 222 g/mol. The van der Waals surface area contributed by atoms with Crippen LogP contribution >= 0.6 is 0 Å². The van der Waals surface area contributed by atoms with Gasteiger partial charge < -0.3 is 15.0 Å². The molecule has 2 aliphatic rings. The van der Waals surface area contributed by atoms with Crippen LogP contribution in [0.25, 0.3) is 0 Å². The maximum atomic E-state index is 11.2. The van der Waals surface area contributed by atoms with E-state index in [1.165, 1.54) is 0 Å². The number of nitrogens with one attached hydrogen (secondary N) is 1. The van der Waals surface area contributed by atoms with E-state index in [0.29, 0.717) is 25.8 Å². The van der Waals surface area contributed by atoms with Gasteiger partial charge in [-0.15, -0.1) is 0 Å². The number of hydrogen-bond acceptors (Lipinski definition) is 4. The predicted octanol–water partition coefficient (Wildman–Crippen LogP) is 0.151. The van der Waals surface area contributed by atoms with Gasteiger partial charge in [0.15, 0.2) is 12.0 Å². The number of likely N-dealkylation sites (N-methyl/N-ethyl adjacent to an activating group) is 1. The van der Waals surface area contributed by atoms with E-state index in [2.05, 4.69) is 5.32 Å². The normalized spacial score (nSPS) is 23.2. The third-order valence-electron chi connectivity index (χ3n) is 2.76. The first-order chi connectivity index (χ1) is 7.72. The Balaban J connectivity index is 1.96. The number of hydrogen-bond donors (Lipinski definition) is 1. The fourth-order valence-corrected chi connectivity index (χ4v) is 1.91. The summed E-state index contributed by atoms with van der Waals surface area (Å²) in [6, 6.07) is 0. The second kappa shape index (κ2) is 4.38. The van der Waals surface area contributed by atoms with Crippen LogP contribution in [0.1, 0.15) is 12.8 Å². The van der Waals surface area contributed by atoms with Crippen LogP contribution < -0.4 is 5.32 Å². The Kier molecular flexibility index (Phi) is 2.94. The van der Waals surface area contributed by atoms with Crippen LogP contribution in [-0.2, 0) is 14.3 Å². The van der Waals surface area contributed by atoms with Gasteiger partial charge in [0, 0.05) is 20.0 Å². The molecular formula is C11H14N2O3. The number of ether oxygens (including phenoxy) is 1. The number of ketones is 1. The van der Waals surface area contributed by atoms with Crippen molar-refractivity contribution in [3.63, 3.8) is 0 Å². The molecule has 0 aromatic carbocycles. The fourth-order valence-electron chi connectivity index (χ4n) is 1.91. The minimum atomic E-state index is -0.0898. The lowest BCUT2D eigenvalue weighted by Gasteiger charge is -2.21. The molecule has 0 saturated heterocycles. The van der Waals surface area contributed by atoms with Crippen molar-refractivity contribution < 1.29 is 14.3 Å². The van der Waals surface area contributed by atoms with Crippen molar-refractivity contribution in [1.82, 2.24) is 10.2 Å². The minimum Gasteiger partial charge on any atom is -0.472 e. The Morgan fingerprint density at radius 1 is 1.62 bits per heavy atom. The number of carbonyl (C=O) groups is 2. The highest BCUT2D eigenvalue weighted by Crippen LogP contribution is 2.31. The van der Waals surface area contributed by atoms with E-state index in [0.717, 1.165) is 11.5 Å². The molecule has 0 fully saturated rings. The summed E-state index contributed by atoms with van der Waals surface area (Å²) in [7, 11) is 1.92. The van der Waals surface area contributed by atoms with E-state index in [-0.39, 0.29) is 12.0 Å². The quantitative estimate of drug-likeness (QED) is 0.543. The lowest BCUT2D eigenvalue weighted by atomic mass is 10.1. The molecule has 0 aromatic heterocycles. The van der Waals surface area contributed by atoms with Gasteiger partial charge in [-0.1, -0.05) is 0 Å². The monoisotopic (exact) mass is 222 g/mol. The lowest BCUT2D eigenvalue weighted by molar-refractivity contribution is -0.114. The standard InChI is InChI=1S/C11H14N2O3/c1-13-9-3-2-8(15)6-10(9)16-11(13)4-5-12-7-14/h2-3,7,11H,4-6H2,1H3,(H,12,14). The van der Waals surface area contributed by atoms with Crippen molar-refractivity contribution in [2.75, 3.05) is 13.6 Å². The molecule has 1 aliphatic heterocycles. The Morgan fingerprint density at radius 2 is 2.44 bits per heavy atom. The summed E-state index contributed by atoms with van der Waals surface area (Å²) >= 11 is 0. The predicted molar refractivity (Wildman–Crippen MR) is 57.1 cm³/mol. The largest absolute Gasteiger partial charge is 0.472 e. The Hall–Kier alpha value is -1.78.